The molecule has 0 aromatic heterocycles. The van der Waals surface area contributed by atoms with E-state index in [-0.39, 0.29) is 17.0 Å². The third-order valence-electron chi connectivity index (χ3n) is 4.15. The van der Waals surface area contributed by atoms with Crippen molar-refractivity contribution in [2.75, 3.05) is 5.32 Å². The number of esters is 1. The maximum atomic E-state index is 13.8. The summed E-state index contributed by atoms with van der Waals surface area (Å²) in [5.41, 5.74) is 1.58. The monoisotopic (exact) mass is 528 g/mol. The molecule has 0 aliphatic heterocycles. The number of rotatable bonds is 6. The summed E-state index contributed by atoms with van der Waals surface area (Å²) in [4.78, 5) is 46.5. The van der Waals surface area contributed by atoms with Gasteiger partial charge in [-0.15, -0.1) is 0 Å². The molecule has 0 fully saturated rings. The van der Waals surface area contributed by atoms with Crippen molar-refractivity contribution in [2.45, 2.75) is 0 Å². The molecule has 0 radical (unpaired) electrons. The number of nitro benzene ring substituents is 1. The molecule has 3 rings (SSSR count). The lowest BCUT2D eigenvalue weighted by Crippen LogP contribution is -2.32. The quantitative estimate of drug-likeness (QED) is 0.124. The predicted octanol–water partition coefficient (Wildman–Crippen LogP) is 3.80. The molecule has 3 aromatic rings. The Balaban J connectivity index is 1.61. The highest BCUT2D eigenvalue weighted by molar-refractivity contribution is 9.10. The summed E-state index contributed by atoms with van der Waals surface area (Å²) < 4.78 is 19.4. The van der Waals surface area contributed by atoms with Crippen LogP contribution in [0.1, 0.15) is 15.9 Å². The number of anilines is 1. The van der Waals surface area contributed by atoms with Gasteiger partial charge in [-0.25, -0.2) is 14.6 Å². The molecule has 0 unspecified atom stereocenters. The first-order valence-electron chi connectivity index (χ1n) is 9.39. The SMILES string of the molecule is O=C(N/N=C/c1cccc(OC(=O)c2ccccc2[N+](=O)[O-])c1)C(=O)Nc1ccc(Br)cc1F. The zero-order valence-corrected chi connectivity index (χ0v) is 18.6. The van der Waals surface area contributed by atoms with Gasteiger partial charge in [-0.1, -0.05) is 40.2 Å². The zero-order chi connectivity index (χ0) is 24.7. The molecule has 0 bridgehead atoms. The highest BCUT2D eigenvalue weighted by Crippen LogP contribution is 2.21. The van der Waals surface area contributed by atoms with Crippen molar-refractivity contribution in [2.24, 2.45) is 5.10 Å². The lowest BCUT2D eigenvalue weighted by Gasteiger charge is -2.06. The van der Waals surface area contributed by atoms with E-state index in [2.05, 4.69) is 26.3 Å². The number of ether oxygens (including phenoxy) is 1. The van der Waals surface area contributed by atoms with Gasteiger partial charge in [0, 0.05) is 10.5 Å². The van der Waals surface area contributed by atoms with Gasteiger partial charge in [0.1, 0.15) is 17.1 Å². The van der Waals surface area contributed by atoms with Gasteiger partial charge in [0.05, 0.1) is 16.8 Å². The van der Waals surface area contributed by atoms with Gasteiger partial charge in [0.25, 0.3) is 5.69 Å². The molecule has 172 valence electrons. The van der Waals surface area contributed by atoms with E-state index in [1.807, 2.05) is 5.43 Å². The predicted molar refractivity (Wildman–Crippen MR) is 123 cm³/mol. The molecule has 0 saturated heterocycles. The molecule has 34 heavy (non-hydrogen) atoms. The van der Waals surface area contributed by atoms with Crippen LogP contribution in [0.3, 0.4) is 0 Å². The van der Waals surface area contributed by atoms with E-state index in [0.29, 0.717) is 10.0 Å². The third kappa shape index (κ3) is 6.29. The van der Waals surface area contributed by atoms with E-state index in [4.69, 9.17) is 4.74 Å². The minimum atomic E-state index is -1.14. The summed E-state index contributed by atoms with van der Waals surface area (Å²) >= 11 is 3.08. The van der Waals surface area contributed by atoms with Crippen LogP contribution in [-0.2, 0) is 9.59 Å². The number of carbonyl (C=O) groups is 3. The smallest absolute Gasteiger partial charge is 0.350 e. The fourth-order valence-electron chi connectivity index (χ4n) is 2.61. The Kier molecular flexibility index (Phi) is 7.77. The molecule has 0 saturated carbocycles. The van der Waals surface area contributed by atoms with Crippen molar-refractivity contribution in [3.05, 3.63) is 98.3 Å². The largest absolute Gasteiger partial charge is 0.423 e. The first kappa shape index (κ1) is 24.2. The number of halogens is 2. The van der Waals surface area contributed by atoms with Gasteiger partial charge in [-0.2, -0.15) is 5.10 Å². The Morgan fingerprint density at radius 2 is 1.79 bits per heavy atom. The molecular weight excluding hydrogens is 515 g/mol. The number of carbonyl (C=O) groups excluding carboxylic acids is 3. The van der Waals surface area contributed by atoms with Gasteiger partial charge in [-0.3, -0.25) is 19.7 Å². The molecule has 0 aliphatic carbocycles. The zero-order valence-electron chi connectivity index (χ0n) is 17.0. The Bertz CT molecular complexity index is 1310. The normalized spacial score (nSPS) is 10.5. The van der Waals surface area contributed by atoms with Crippen molar-refractivity contribution < 1.29 is 28.4 Å². The van der Waals surface area contributed by atoms with E-state index in [1.54, 1.807) is 6.07 Å². The van der Waals surface area contributed by atoms with Crippen LogP contribution >= 0.6 is 15.9 Å². The molecule has 12 heteroatoms. The number of nitro groups is 1. The van der Waals surface area contributed by atoms with Crippen molar-refractivity contribution in [1.82, 2.24) is 5.43 Å². The van der Waals surface area contributed by atoms with E-state index in [9.17, 15) is 28.9 Å². The van der Waals surface area contributed by atoms with Gasteiger partial charge >= 0.3 is 17.8 Å². The Morgan fingerprint density at radius 3 is 2.53 bits per heavy atom. The second-order valence-electron chi connectivity index (χ2n) is 6.51. The lowest BCUT2D eigenvalue weighted by molar-refractivity contribution is -0.385. The molecule has 3 aromatic carbocycles. The maximum Gasteiger partial charge on any atom is 0.350 e. The van der Waals surface area contributed by atoms with Crippen LogP contribution in [0, 0.1) is 15.9 Å². The van der Waals surface area contributed by atoms with Crippen LogP contribution in [0.15, 0.2) is 76.3 Å². The van der Waals surface area contributed by atoms with Gasteiger partial charge in [0.15, 0.2) is 0 Å². The standard InChI is InChI=1S/C22H14BrFN4O6/c23-14-8-9-18(17(24)11-14)26-20(29)21(30)27-25-12-13-4-3-5-15(10-13)34-22(31)16-6-1-2-7-19(16)28(32)33/h1-12H,(H,26,29)(H,27,30)/b25-12+. The highest BCUT2D eigenvalue weighted by atomic mass is 79.9. The summed E-state index contributed by atoms with van der Waals surface area (Å²) in [5, 5.41) is 16.8. The van der Waals surface area contributed by atoms with E-state index < -0.39 is 34.2 Å². The van der Waals surface area contributed by atoms with Crippen LogP contribution in [0.25, 0.3) is 0 Å². The van der Waals surface area contributed by atoms with Crippen LogP contribution in [0.4, 0.5) is 15.8 Å². The van der Waals surface area contributed by atoms with Crippen molar-refractivity contribution >= 4 is 51.3 Å². The van der Waals surface area contributed by atoms with Crippen LogP contribution < -0.4 is 15.5 Å². The van der Waals surface area contributed by atoms with Crippen molar-refractivity contribution in [1.29, 1.82) is 0 Å². The minimum Gasteiger partial charge on any atom is -0.423 e. The summed E-state index contributed by atoms with van der Waals surface area (Å²) in [6, 6.07) is 15.2. The lowest BCUT2D eigenvalue weighted by atomic mass is 10.2. The van der Waals surface area contributed by atoms with Crippen LogP contribution in [0.5, 0.6) is 5.75 Å². The number of nitrogens with zero attached hydrogens (tertiary/aromatic N) is 2. The van der Waals surface area contributed by atoms with E-state index in [0.717, 1.165) is 6.07 Å². The fourth-order valence-corrected chi connectivity index (χ4v) is 2.95. The van der Waals surface area contributed by atoms with E-state index in [1.165, 1.54) is 60.8 Å². The van der Waals surface area contributed by atoms with Gasteiger partial charge in [0.2, 0.25) is 0 Å². The first-order chi connectivity index (χ1) is 16.2. The molecular formula is C22H14BrFN4O6. The number of nitrogens with one attached hydrogen (secondary N) is 2. The minimum absolute atomic E-state index is 0.0712. The summed E-state index contributed by atoms with van der Waals surface area (Å²) in [7, 11) is 0. The van der Waals surface area contributed by atoms with Gasteiger partial charge in [-0.05, 0) is 42.0 Å². The van der Waals surface area contributed by atoms with Crippen LogP contribution in [-0.4, -0.2) is 28.9 Å². The molecule has 0 spiro atoms. The van der Waals surface area contributed by atoms with Crippen molar-refractivity contribution in [3.63, 3.8) is 0 Å². The molecule has 0 atom stereocenters. The molecule has 0 aliphatic rings. The van der Waals surface area contributed by atoms with Crippen LogP contribution in [0.2, 0.25) is 0 Å². The Hall–Kier alpha value is -4.45. The second-order valence-corrected chi connectivity index (χ2v) is 7.43. The van der Waals surface area contributed by atoms with E-state index >= 15 is 0 Å². The number of para-hydroxylation sites is 1. The molecule has 2 amide bonds. The number of hydrogen-bond donors (Lipinski definition) is 2. The molecule has 0 heterocycles. The average molecular weight is 529 g/mol. The topological polar surface area (TPSA) is 140 Å². The highest BCUT2D eigenvalue weighted by Gasteiger charge is 2.21. The third-order valence-corrected chi connectivity index (χ3v) is 4.65. The summed E-state index contributed by atoms with van der Waals surface area (Å²) in [6.45, 7) is 0. The second kappa shape index (κ2) is 10.9. The Labute approximate surface area is 199 Å². The summed E-state index contributed by atoms with van der Waals surface area (Å²) in [5.74, 6) is -3.86. The van der Waals surface area contributed by atoms with Crippen molar-refractivity contribution in [3.8, 4) is 5.75 Å². The number of hydrogen-bond acceptors (Lipinski definition) is 7. The number of benzene rings is 3. The molecule has 10 nitrogen and oxygen atoms in total. The first-order valence-corrected chi connectivity index (χ1v) is 10.2. The summed E-state index contributed by atoms with van der Waals surface area (Å²) in [6.07, 6.45) is 1.17. The average Bonchev–Trinajstić information content (AvgIpc) is 2.81. The Morgan fingerprint density at radius 1 is 1.03 bits per heavy atom. The van der Waals surface area contributed by atoms with Gasteiger partial charge < -0.3 is 10.1 Å². The maximum absolute atomic E-state index is 13.8. The fraction of sp³-hybridized carbons (Fsp3) is 0. The number of hydrazone groups is 1. The molecule has 2 N–H and O–H groups in total. The number of amides is 2.